The van der Waals surface area contributed by atoms with E-state index in [1.54, 1.807) is 0 Å². The zero-order valence-corrected chi connectivity index (χ0v) is 18.1. The van der Waals surface area contributed by atoms with E-state index in [-0.39, 0.29) is 10.8 Å². The quantitative estimate of drug-likeness (QED) is 0.460. The molecule has 0 unspecified atom stereocenters. The van der Waals surface area contributed by atoms with Gasteiger partial charge in [-0.1, -0.05) is 65.8 Å². The van der Waals surface area contributed by atoms with Crippen LogP contribution in [0.3, 0.4) is 0 Å². The van der Waals surface area contributed by atoms with Gasteiger partial charge in [0.25, 0.3) is 0 Å². The van der Waals surface area contributed by atoms with Crippen molar-refractivity contribution in [2.24, 2.45) is 0 Å². The molecule has 0 atom stereocenters. The molecule has 134 valence electrons. The van der Waals surface area contributed by atoms with Crippen molar-refractivity contribution in [3.8, 4) is 11.1 Å². The van der Waals surface area contributed by atoms with E-state index >= 15 is 0 Å². The summed E-state index contributed by atoms with van der Waals surface area (Å²) in [6, 6.07) is 9.60. The van der Waals surface area contributed by atoms with Crippen LogP contribution in [0.25, 0.3) is 11.1 Å². The summed E-state index contributed by atoms with van der Waals surface area (Å²) in [6.45, 7) is 13.7. The molecule has 0 saturated carbocycles. The molecule has 0 amide bonds. The van der Waals surface area contributed by atoms with Gasteiger partial charge in [0.2, 0.25) is 0 Å². The van der Waals surface area contributed by atoms with E-state index < -0.39 is 0 Å². The topological polar surface area (TPSA) is 0 Å². The molecule has 1 aliphatic carbocycles. The third kappa shape index (κ3) is 3.40. The molecule has 2 aromatic rings. The van der Waals surface area contributed by atoms with E-state index in [0.717, 1.165) is 17.9 Å². The minimum Gasteiger partial charge on any atom is -0.175 e. The number of hydrogen-bond donors (Lipinski definition) is 2. The summed E-state index contributed by atoms with van der Waals surface area (Å²) >= 11 is 9.22. The van der Waals surface area contributed by atoms with Crippen molar-refractivity contribution in [1.29, 1.82) is 0 Å². The van der Waals surface area contributed by atoms with Gasteiger partial charge in [-0.2, -0.15) is 25.3 Å². The van der Waals surface area contributed by atoms with Crippen molar-refractivity contribution in [2.45, 2.75) is 70.3 Å². The van der Waals surface area contributed by atoms with Crippen LogP contribution in [0.5, 0.6) is 0 Å². The maximum atomic E-state index is 4.62. The lowest BCUT2D eigenvalue weighted by molar-refractivity contribution is 0.585. The van der Waals surface area contributed by atoms with Crippen molar-refractivity contribution >= 4 is 25.3 Å². The van der Waals surface area contributed by atoms with Gasteiger partial charge in [0.1, 0.15) is 0 Å². The van der Waals surface area contributed by atoms with E-state index in [1.807, 2.05) is 0 Å². The van der Waals surface area contributed by atoms with Gasteiger partial charge in [0, 0.05) is 11.5 Å². The van der Waals surface area contributed by atoms with Crippen molar-refractivity contribution in [3.05, 3.63) is 57.6 Å². The summed E-state index contributed by atoms with van der Waals surface area (Å²) in [5.41, 5.74) is 11.6. The highest BCUT2D eigenvalue weighted by Gasteiger charge is 2.28. The largest absolute Gasteiger partial charge is 0.175 e. The molecule has 0 N–H and O–H groups in total. The van der Waals surface area contributed by atoms with E-state index in [9.17, 15) is 0 Å². The van der Waals surface area contributed by atoms with Gasteiger partial charge >= 0.3 is 0 Å². The number of thiol groups is 2. The fourth-order valence-corrected chi connectivity index (χ4v) is 4.41. The number of fused-ring (bicyclic) bond motifs is 3. The first kappa shape index (κ1) is 18.9. The number of hydrogen-bond acceptors (Lipinski definition) is 2. The minimum atomic E-state index is 0.129. The Bertz CT molecular complexity index is 817. The highest BCUT2D eigenvalue weighted by Crippen LogP contribution is 2.44. The monoisotopic (exact) mass is 370 g/mol. The Labute approximate surface area is 164 Å². The molecule has 0 bridgehead atoms. The minimum absolute atomic E-state index is 0.129. The molecule has 25 heavy (non-hydrogen) atoms. The van der Waals surface area contributed by atoms with E-state index in [1.165, 1.54) is 44.5 Å². The Hall–Kier alpha value is -0.860. The number of rotatable bonds is 2. The second-order valence-corrected chi connectivity index (χ2v) is 9.95. The lowest BCUT2D eigenvalue weighted by Crippen LogP contribution is -2.14. The summed E-state index contributed by atoms with van der Waals surface area (Å²) < 4.78 is 0. The molecule has 0 radical (unpaired) electrons. The average Bonchev–Trinajstić information content (AvgIpc) is 2.88. The van der Waals surface area contributed by atoms with Crippen molar-refractivity contribution in [2.75, 3.05) is 0 Å². The van der Waals surface area contributed by atoms with Crippen molar-refractivity contribution in [3.63, 3.8) is 0 Å². The molecule has 2 aromatic carbocycles. The van der Waals surface area contributed by atoms with Gasteiger partial charge < -0.3 is 0 Å². The van der Waals surface area contributed by atoms with Crippen LogP contribution >= 0.6 is 25.3 Å². The Morgan fingerprint density at radius 2 is 1.40 bits per heavy atom. The Balaban J connectivity index is 2.27. The zero-order chi connectivity index (χ0) is 18.6. The Morgan fingerprint density at radius 1 is 0.760 bits per heavy atom. The zero-order valence-electron chi connectivity index (χ0n) is 16.3. The summed E-state index contributed by atoms with van der Waals surface area (Å²) in [5, 5.41) is 0. The van der Waals surface area contributed by atoms with Crippen LogP contribution in [-0.4, -0.2) is 0 Å². The summed E-state index contributed by atoms with van der Waals surface area (Å²) in [5.74, 6) is 1.59. The van der Waals surface area contributed by atoms with Crippen LogP contribution in [0.4, 0.5) is 0 Å². The van der Waals surface area contributed by atoms with Gasteiger partial charge in [-0.15, -0.1) is 0 Å². The fraction of sp³-hybridized carbons (Fsp3) is 0.478. The average molecular weight is 371 g/mol. The van der Waals surface area contributed by atoms with Gasteiger partial charge in [-0.25, -0.2) is 0 Å². The molecule has 2 heteroatoms. The maximum absolute atomic E-state index is 4.62. The predicted molar refractivity (Wildman–Crippen MR) is 117 cm³/mol. The first-order valence-electron chi connectivity index (χ1n) is 9.11. The molecule has 3 rings (SSSR count). The van der Waals surface area contributed by atoms with Crippen molar-refractivity contribution < 1.29 is 0 Å². The van der Waals surface area contributed by atoms with Gasteiger partial charge in [0.15, 0.2) is 0 Å². The van der Waals surface area contributed by atoms with Crippen LogP contribution in [0, 0.1) is 0 Å². The molecule has 1 aliphatic rings. The van der Waals surface area contributed by atoms with E-state index in [2.05, 4.69) is 91.1 Å². The fourth-order valence-electron chi connectivity index (χ4n) is 3.87. The van der Waals surface area contributed by atoms with Gasteiger partial charge in [0.05, 0.1) is 0 Å². The highest BCUT2D eigenvalue weighted by molar-refractivity contribution is 7.79. The van der Waals surface area contributed by atoms with Crippen LogP contribution in [0.15, 0.2) is 24.3 Å². The SMILES string of the molecule is CC(C)(C)c1cc(CS)c2c(c1)-c1cc(C(C)(C)C)c(CS)cc1C2. The molecule has 0 heterocycles. The van der Waals surface area contributed by atoms with Crippen LogP contribution in [-0.2, 0) is 28.8 Å². The standard InChI is InChI=1S/C23H30S2/c1-22(2,3)17-8-15(12-24)18-9-14-7-16(13-25)21(23(4,5)6)11-19(14)20(18)10-17/h7-8,10-11,24-25H,9,12-13H2,1-6H3. The van der Waals surface area contributed by atoms with E-state index in [4.69, 9.17) is 0 Å². The van der Waals surface area contributed by atoms with Crippen LogP contribution in [0.2, 0.25) is 0 Å². The number of benzene rings is 2. The van der Waals surface area contributed by atoms with E-state index in [0.29, 0.717) is 0 Å². The highest BCUT2D eigenvalue weighted by atomic mass is 32.1. The summed E-state index contributed by atoms with van der Waals surface area (Å²) in [6.07, 6.45) is 1.02. The molecule has 0 saturated heterocycles. The van der Waals surface area contributed by atoms with Crippen molar-refractivity contribution in [1.82, 2.24) is 0 Å². The molecule has 0 aromatic heterocycles. The predicted octanol–water partition coefficient (Wildman–Crippen LogP) is 6.71. The molecule has 0 fully saturated rings. The molecule has 0 nitrogen and oxygen atoms in total. The molecule has 0 aliphatic heterocycles. The Kier molecular flexibility index (Phi) is 4.83. The second-order valence-electron chi connectivity index (χ2n) is 9.32. The smallest absolute Gasteiger partial charge is 0.0157 e. The second kappa shape index (κ2) is 6.39. The lowest BCUT2D eigenvalue weighted by Gasteiger charge is -2.24. The Morgan fingerprint density at radius 3 is 1.92 bits per heavy atom. The molecular weight excluding hydrogens is 340 g/mol. The normalized spacial score (nSPS) is 13.8. The first-order valence-corrected chi connectivity index (χ1v) is 10.4. The summed E-state index contributed by atoms with van der Waals surface area (Å²) in [7, 11) is 0. The first-order chi connectivity index (χ1) is 11.6. The molecular formula is C23H30S2. The maximum Gasteiger partial charge on any atom is 0.0157 e. The molecule has 0 spiro atoms. The van der Waals surface area contributed by atoms with Crippen LogP contribution < -0.4 is 0 Å². The third-order valence-corrected chi connectivity index (χ3v) is 6.02. The van der Waals surface area contributed by atoms with Gasteiger partial charge in [-0.05, 0) is 61.8 Å². The third-order valence-electron chi connectivity index (χ3n) is 5.34. The van der Waals surface area contributed by atoms with Gasteiger partial charge in [-0.3, -0.25) is 0 Å². The summed E-state index contributed by atoms with van der Waals surface area (Å²) in [4.78, 5) is 0. The lowest BCUT2D eigenvalue weighted by atomic mass is 9.81. The van der Waals surface area contributed by atoms with Crippen LogP contribution in [0.1, 0.15) is 74.9 Å².